The van der Waals surface area contributed by atoms with E-state index in [1.807, 2.05) is 35.7 Å². The number of thiophene rings is 1. The molecule has 0 saturated heterocycles. The van der Waals surface area contributed by atoms with Crippen LogP contribution in [0.25, 0.3) is 0 Å². The second-order valence-electron chi connectivity index (χ2n) is 8.34. The molecule has 0 radical (unpaired) electrons. The smallest absolute Gasteiger partial charge is 0.173 e. The third kappa shape index (κ3) is 4.00. The number of hydrogen-bond acceptors (Lipinski definition) is 6. The number of carbonyl (C=O) groups is 2. The van der Waals surface area contributed by atoms with Gasteiger partial charge in [0.05, 0.1) is 28.3 Å². The fraction of sp³-hybridized carbons (Fsp3) is 0.292. The number of nitrogens with zero attached hydrogens (tertiary/aromatic N) is 1. The summed E-state index contributed by atoms with van der Waals surface area (Å²) < 4.78 is 0. The van der Waals surface area contributed by atoms with Gasteiger partial charge in [0, 0.05) is 28.1 Å². The van der Waals surface area contributed by atoms with Gasteiger partial charge < -0.3 is 5.32 Å². The Balaban J connectivity index is 1.69. The van der Waals surface area contributed by atoms with Crippen molar-refractivity contribution in [1.29, 1.82) is 5.26 Å². The first kappa shape index (κ1) is 20.6. The Morgan fingerprint density at radius 3 is 2.67 bits per heavy atom. The molecule has 0 bridgehead atoms. The van der Waals surface area contributed by atoms with E-state index in [0.29, 0.717) is 28.2 Å². The highest BCUT2D eigenvalue weighted by molar-refractivity contribution is 8.03. The number of nitrogens with one attached hydrogen (secondary N) is 1. The predicted octanol–water partition coefficient (Wildman–Crippen LogP) is 5.43. The van der Waals surface area contributed by atoms with Gasteiger partial charge in [-0.2, -0.15) is 5.26 Å². The summed E-state index contributed by atoms with van der Waals surface area (Å²) >= 11 is 2.90. The van der Waals surface area contributed by atoms with Crippen molar-refractivity contribution in [2.45, 2.75) is 32.6 Å². The van der Waals surface area contributed by atoms with Crippen molar-refractivity contribution in [3.63, 3.8) is 0 Å². The lowest BCUT2D eigenvalue weighted by molar-refractivity contribution is -0.118. The highest BCUT2D eigenvalue weighted by atomic mass is 32.2. The zero-order chi connectivity index (χ0) is 21.3. The molecule has 2 heterocycles. The maximum absolute atomic E-state index is 13.1. The van der Waals surface area contributed by atoms with E-state index in [2.05, 4.69) is 25.2 Å². The second-order valence-corrected chi connectivity index (χ2v) is 10.3. The average molecular weight is 435 g/mol. The third-order valence-electron chi connectivity index (χ3n) is 5.40. The van der Waals surface area contributed by atoms with E-state index in [1.54, 1.807) is 23.5 Å². The molecule has 1 aromatic carbocycles. The van der Waals surface area contributed by atoms with E-state index in [0.717, 1.165) is 17.0 Å². The molecule has 1 unspecified atom stereocenters. The molecular formula is C24H22N2O2S2. The lowest BCUT2D eigenvalue weighted by atomic mass is 9.70. The Bertz CT molecular complexity index is 1090. The Hall–Kier alpha value is -2.62. The Morgan fingerprint density at radius 2 is 2.00 bits per heavy atom. The average Bonchev–Trinajstić information content (AvgIpc) is 3.25. The van der Waals surface area contributed by atoms with Crippen molar-refractivity contribution in [2.75, 3.05) is 5.75 Å². The van der Waals surface area contributed by atoms with E-state index in [1.165, 1.54) is 11.8 Å². The monoisotopic (exact) mass is 434 g/mol. The van der Waals surface area contributed by atoms with Crippen LogP contribution in [0.15, 0.2) is 69.7 Å². The zero-order valence-electron chi connectivity index (χ0n) is 16.9. The Labute approximate surface area is 184 Å². The quantitative estimate of drug-likeness (QED) is 0.636. The SMILES string of the molecule is CC1(C)CC(=O)C2=C(C1)NC(SCC(=O)c1ccccc1)=C(C#N)C2c1cccs1. The number of carbonyl (C=O) groups excluding carboxylic acids is 2. The van der Waals surface area contributed by atoms with Crippen LogP contribution in [0, 0.1) is 16.7 Å². The van der Waals surface area contributed by atoms with Crippen LogP contribution in [-0.2, 0) is 4.79 Å². The van der Waals surface area contributed by atoms with Gasteiger partial charge in [-0.25, -0.2) is 0 Å². The van der Waals surface area contributed by atoms with E-state index < -0.39 is 0 Å². The van der Waals surface area contributed by atoms with Crippen molar-refractivity contribution < 1.29 is 9.59 Å². The van der Waals surface area contributed by atoms with Crippen molar-refractivity contribution >= 4 is 34.7 Å². The van der Waals surface area contributed by atoms with Gasteiger partial charge in [0.2, 0.25) is 0 Å². The summed E-state index contributed by atoms with van der Waals surface area (Å²) in [5.74, 6) is -0.0116. The first-order valence-electron chi connectivity index (χ1n) is 9.81. The lowest BCUT2D eigenvalue weighted by Gasteiger charge is -2.38. The summed E-state index contributed by atoms with van der Waals surface area (Å²) in [6.07, 6.45) is 1.22. The third-order valence-corrected chi connectivity index (χ3v) is 7.35. The number of benzene rings is 1. The van der Waals surface area contributed by atoms with Crippen LogP contribution in [0.5, 0.6) is 0 Å². The minimum atomic E-state index is -0.357. The molecular weight excluding hydrogens is 412 g/mol. The van der Waals surface area contributed by atoms with Gasteiger partial charge >= 0.3 is 0 Å². The van der Waals surface area contributed by atoms with Gasteiger partial charge in [0.1, 0.15) is 0 Å². The number of hydrogen-bond donors (Lipinski definition) is 1. The van der Waals surface area contributed by atoms with Crippen molar-refractivity contribution in [1.82, 2.24) is 5.32 Å². The minimum Gasteiger partial charge on any atom is -0.352 e. The lowest BCUT2D eigenvalue weighted by Crippen LogP contribution is -2.36. The summed E-state index contributed by atoms with van der Waals surface area (Å²) in [7, 11) is 0. The standard InChI is InChI=1S/C24H22N2O2S2/c1-24(2)11-17-22(18(27)12-24)21(20-9-6-10-29-20)16(13-25)23(26-17)30-14-19(28)15-7-4-3-5-8-15/h3-10,21,26H,11-12,14H2,1-2H3. The number of Topliss-reactive ketones (excluding diaryl/α,β-unsaturated/α-hetero) is 2. The molecule has 1 atom stereocenters. The van der Waals surface area contributed by atoms with Gasteiger partial charge in [0.15, 0.2) is 11.6 Å². The summed E-state index contributed by atoms with van der Waals surface area (Å²) in [6.45, 7) is 4.18. The normalized spacial score (nSPS) is 20.4. The molecule has 6 heteroatoms. The first-order valence-corrected chi connectivity index (χ1v) is 11.7. The van der Waals surface area contributed by atoms with Gasteiger partial charge in [-0.05, 0) is 23.3 Å². The zero-order valence-corrected chi connectivity index (χ0v) is 18.5. The molecule has 1 N–H and O–H groups in total. The molecule has 0 spiro atoms. The van der Waals surface area contributed by atoms with E-state index in [4.69, 9.17) is 0 Å². The van der Waals surface area contributed by atoms with Crippen LogP contribution in [0.2, 0.25) is 0 Å². The molecule has 2 aliphatic rings. The van der Waals surface area contributed by atoms with Gasteiger partial charge in [-0.15, -0.1) is 11.3 Å². The second kappa shape index (κ2) is 8.25. The maximum Gasteiger partial charge on any atom is 0.173 e. The molecule has 30 heavy (non-hydrogen) atoms. The molecule has 1 aliphatic heterocycles. The number of thioether (sulfide) groups is 1. The van der Waals surface area contributed by atoms with Crippen LogP contribution < -0.4 is 5.32 Å². The van der Waals surface area contributed by atoms with Gasteiger partial charge in [-0.1, -0.05) is 62.0 Å². The maximum atomic E-state index is 13.1. The largest absolute Gasteiger partial charge is 0.352 e. The molecule has 0 fully saturated rings. The molecule has 152 valence electrons. The number of dihydropyridines is 1. The summed E-state index contributed by atoms with van der Waals surface area (Å²) in [6, 6.07) is 15.4. The number of rotatable bonds is 5. The van der Waals surface area contributed by atoms with Crippen LogP contribution in [0.1, 0.15) is 47.8 Å². The summed E-state index contributed by atoms with van der Waals surface area (Å²) in [4.78, 5) is 26.7. The van der Waals surface area contributed by atoms with E-state index in [9.17, 15) is 14.9 Å². The number of ketones is 2. The van der Waals surface area contributed by atoms with Gasteiger partial charge in [0.25, 0.3) is 0 Å². The Kier molecular flexibility index (Phi) is 5.68. The summed E-state index contributed by atoms with van der Waals surface area (Å²) in [5, 5.41) is 16.0. The molecule has 1 aliphatic carbocycles. The molecule has 0 amide bonds. The highest BCUT2D eigenvalue weighted by Gasteiger charge is 2.42. The van der Waals surface area contributed by atoms with Gasteiger partial charge in [-0.3, -0.25) is 9.59 Å². The molecule has 4 nitrogen and oxygen atoms in total. The summed E-state index contributed by atoms with van der Waals surface area (Å²) in [5.41, 5.74) is 2.65. The fourth-order valence-corrected chi connectivity index (χ4v) is 5.87. The molecule has 1 aromatic heterocycles. The van der Waals surface area contributed by atoms with Crippen molar-refractivity contribution in [2.24, 2.45) is 5.41 Å². The Morgan fingerprint density at radius 1 is 1.23 bits per heavy atom. The van der Waals surface area contributed by atoms with Crippen molar-refractivity contribution in [3.05, 3.63) is 80.2 Å². The van der Waals surface area contributed by atoms with E-state index >= 15 is 0 Å². The molecule has 2 aromatic rings. The van der Waals surface area contributed by atoms with Crippen LogP contribution in [-0.4, -0.2) is 17.3 Å². The van der Waals surface area contributed by atoms with Crippen LogP contribution in [0.3, 0.4) is 0 Å². The first-order chi connectivity index (χ1) is 14.4. The predicted molar refractivity (Wildman–Crippen MR) is 121 cm³/mol. The van der Waals surface area contributed by atoms with Crippen LogP contribution >= 0.6 is 23.1 Å². The number of allylic oxidation sites excluding steroid dienone is 3. The number of nitriles is 1. The van der Waals surface area contributed by atoms with Crippen LogP contribution in [0.4, 0.5) is 0 Å². The highest BCUT2D eigenvalue weighted by Crippen LogP contribution is 2.48. The van der Waals surface area contributed by atoms with E-state index in [-0.39, 0.29) is 28.7 Å². The fourth-order valence-electron chi connectivity index (χ4n) is 4.08. The molecule has 0 saturated carbocycles. The molecule has 4 rings (SSSR count). The topological polar surface area (TPSA) is 70.0 Å². The van der Waals surface area contributed by atoms with Crippen molar-refractivity contribution in [3.8, 4) is 6.07 Å². The minimum absolute atomic E-state index is 0.0136.